The van der Waals surface area contributed by atoms with Gasteiger partial charge >= 0.3 is 0 Å². The molecule has 0 aromatic heterocycles. The van der Waals surface area contributed by atoms with Crippen molar-refractivity contribution in [2.75, 3.05) is 0 Å². The van der Waals surface area contributed by atoms with Crippen molar-refractivity contribution < 1.29 is 15.0 Å². The van der Waals surface area contributed by atoms with Gasteiger partial charge < -0.3 is 10.2 Å². The first-order valence-electron chi connectivity index (χ1n) is 5.83. The number of aromatic hydroxyl groups is 1. The van der Waals surface area contributed by atoms with E-state index in [1.165, 1.54) is 13.0 Å². The number of ketones is 1. The fraction of sp³-hybridized carbons (Fsp3) is 0.267. The number of phenols is 1. The van der Waals surface area contributed by atoms with Crippen LogP contribution in [0.5, 0.6) is 5.75 Å². The number of aliphatic hydroxyl groups is 1. The van der Waals surface area contributed by atoms with E-state index < -0.39 is 6.10 Å². The molecule has 18 heavy (non-hydrogen) atoms. The Morgan fingerprint density at radius 2 is 2.22 bits per heavy atom. The molecular formula is C15H18O3. The van der Waals surface area contributed by atoms with Crippen molar-refractivity contribution in [3.8, 4) is 5.75 Å². The number of aliphatic hydroxyl groups excluding tert-OH is 1. The Hall–Kier alpha value is -1.87. The average molecular weight is 246 g/mol. The molecule has 3 nitrogen and oxygen atoms in total. The molecule has 0 aliphatic rings. The smallest absolute Gasteiger partial charge is 0.152 e. The molecule has 0 bridgehead atoms. The van der Waals surface area contributed by atoms with E-state index in [1.807, 2.05) is 0 Å². The molecule has 0 saturated heterocycles. The summed E-state index contributed by atoms with van der Waals surface area (Å²) in [6.07, 6.45) is 4.94. The van der Waals surface area contributed by atoms with Gasteiger partial charge in [-0.2, -0.15) is 0 Å². The van der Waals surface area contributed by atoms with Crippen LogP contribution in [0, 0.1) is 0 Å². The van der Waals surface area contributed by atoms with E-state index in [0.29, 0.717) is 18.4 Å². The maximum Gasteiger partial charge on any atom is 0.152 e. The van der Waals surface area contributed by atoms with Gasteiger partial charge in [0.05, 0.1) is 6.10 Å². The van der Waals surface area contributed by atoms with Gasteiger partial charge in [0.2, 0.25) is 0 Å². The predicted molar refractivity (Wildman–Crippen MR) is 72.3 cm³/mol. The normalized spacial score (nSPS) is 12.6. The standard InChI is InChI=1S/C15H18O3/c1-3-5-13(17)10-14-12(9-8-11(2)16)6-4-7-15(14)18/h3-4,6-9,13,17-18H,1,5,10H2,2H3/b9-8+/t13-/m0/s1. The summed E-state index contributed by atoms with van der Waals surface area (Å²) in [5.74, 6) is 0.0692. The number of benzene rings is 1. The molecule has 0 fully saturated rings. The lowest BCUT2D eigenvalue weighted by Gasteiger charge is -2.12. The van der Waals surface area contributed by atoms with Crippen molar-refractivity contribution in [2.45, 2.75) is 25.9 Å². The third-order valence-electron chi connectivity index (χ3n) is 2.56. The van der Waals surface area contributed by atoms with Crippen molar-refractivity contribution in [3.63, 3.8) is 0 Å². The van der Waals surface area contributed by atoms with Gasteiger partial charge in [0.15, 0.2) is 5.78 Å². The van der Waals surface area contributed by atoms with E-state index in [0.717, 1.165) is 5.56 Å². The highest BCUT2D eigenvalue weighted by atomic mass is 16.3. The molecule has 0 aliphatic heterocycles. The molecule has 0 aliphatic carbocycles. The van der Waals surface area contributed by atoms with Crippen LogP contribution in [0.1, 0.15) is 24.5 Å². The Morgan fingerprint density at radius 1 is 1.50 bits per heavy atom. The summed E-state index contributed by atoms with van der Waals surface area (Å²) in [4.78, 5) is 10.9. The lowest BCUT2D eigenvalue weighted by molar-refractivity contribution is -0.112. The minimum Gasteiger partial charge on any atom is -0.508 e. The average Bonchev–Trinajstić information content (AvgIpc) is 2.30. The predicted octanol–water partition coefficient (Wildman–Crippen LogP) is 2.47. The van der Waals surface area contributed by atoms with Crippen molar-refractivity contribution in [1.29, 1.82) is 0 Å². The molecule has 0 unspecified atom stereocenters. The number of hydrogen-bond acceptors (Lipinski definition) is 3. The van der Waals surface area contributed by atoms with Crippen molar-refractivity contribution in [2.24, 2.45) is 0 Å². The molecule has 3 heteroatoms. The van der Waals surface area contributed by atoms with Crippen molar-refractivity contribution in [3.05, 3.63) is 48.1 Å². The van der Waals surface area contributed by atoms with Gasteiger partial charge in [0, 0.05) is 12.0 Å². The molecule has 1 atom stereocenters. The third-order valence-corrected chi connectivity index (χ3v) is 2.56. The molecule has 2 N–H and O–H groups in total. The second-order valence-corrected chi connectivity index (χ2v) is 4.17. The van der Waals surface area contributed by atoms with E-state index in [-0.39, 0.29) is 11.5 Å². The van der Waals surface area contributed by atoms with Crippen LogP contribution in [-0.2, 0) is 11.2 Å². The SMILES string of the molecule is C=CC[C@H](O)Cc1c(O)cccc1/C=C/C(C)=O. The fourth-order valence-corrected chi connectivity index (χ4v) is 1.69. The lowest BCUT2D eigenvalue weighted by Crippen LogP contribution is -2.10. The second-order valence-electron chi connectivity index (χ2n) is 4.17. The van der Waals surface area contributed by atoms with Gasteiger partial charge in [-0.1, -0.05) is 24.3 Å². The number of carbonyl (C=O) groups excluding carboxylic acids is 1. The monoisotopic (exact) mass is 246 g/mol. The minimum atomic E-state index is -0.583. The van der Waals surface area contributed by atoms with Crippen LogP contribution >= 0.6 is 0 Å². The highest BCUT2D eigenvalue weighted by molar-refractivity contribution is 5.91. The molecule has 96 valence electrons. The van der Waals surface area contributed by atoms with Crippen LogP contribution in [0.4, 0.5) is 0 Å². The Balaban J connectivity index is 3.00. The van der Waals surface area contributed by atoms with Crippen LogP contribution in [0.25, 0.3) is 6.08 Å². The highest BCUT2D eigenvalue weighted by Gasteiger charge is 2.10. The van der Waals surface area contributed by atoms with E-state index >= 15 is 0 Å². The Bertz CT molecular complexity index is 461. The molecule has 1 aromatic rings. The third kappa shape index (κ3) is 4.18. The molecule has 1 aromatic carbocycles. The fourth-order valence-electron chi connectivity index (χ4n) is 1.69. The van der Waals surface area contributed by atoms with E-state index in [2.05, 4.69) is 6.58 Å². The zero-order valence-electron chi connectivity index (χ0n) is 10.5. The zero-order chi connectivity index (χ0) is 13.5. The Kier molecular flexibility index (Phi) is 5.33. The molecule has 0 amide bonds. The molecule has 0 radical (unpaired) electrons. The first-order valence-corrected chi connectivity index (χ1v) is 5.83. The quantitative estimate of drug-likeness (QED) is 0.599. The van der Waals surface area contributed by atoms with E-state index in [4.69, 9.17) is 0 Å². The Morgan fingerprint density at radius 3 is 2.83 bits per heavy atom. The summed E-state index contributed by atoms with van der Waals surface area (Å²) < 4.78 is 0. The number of allylic oxidation sites excluding steroid dienone is 1. The largest absolute Gasteiger partial charge is 0.508 e. The van der Waals surface area contributed by atoms with Crippen LogP contribution in [0.2, 0.25) is 0 Å². The van der Waals surface area contributed by atoms with Crippen LogP contribution < -0.4 is 0 Å². The highest BCUT2D eigenvalue weighted by Crippen LogP contribution is 2.24. The van der Waals surface area contributed by atoms with Crippen LogP contribution in [0.3, 0.4) is 0 Å². The summed E-state index contributed by atoms with van der Waals surface area (Å²) in [5.41, 5.74) is 1.39. The molecule has 1 rings (SSSR count). The summed E-state index contributed by atoms with van der Waals surface area (Å²) in [5, 5.41) is 19.6. The lowest BCUT2D eigenvalue weighted by atomic mass is 9.98. The van der Waals surface area contributed by atoms with E-state index in [9.17, 15) is 15.0 Å². The maximum absolute atomic E-state index is 10.9. The minimum absolute atomic E-state index is 0.0593. The van der Waals surface area contributed by atoms with Gasteiger partial charge in [-0.15, -0.1) is 6.58 Å². The Labute approximate surface area is 107 Å². The van der Waals surface area contributed by atoms with E-state index in [1.54, 1.807) is 30.4 Å². The number of phenolic OH excluding ortho intramolecular Hbond substituents is 1. The van der Waals surface area contributed by atoms with Gasteiger partial charge in [-0.3, -0.25) is 4.79 Å². The molecule has 0 saturated carbocycles. The van der Waals surface area contributed by atoms with Gasteiger partial charge in [-0.05, 0) is 31.1 Å². The number of rotatable bonds is 6. The van der Waals surface area contributed by atoms with Crippen LogP contribution in [0.15, 0.2) is 36.9 Å². The molecule has 0 spiro atoms. The second kappa shape index (κ2) is 6.77. The summed E-state index contributed by atoms with van der Waals surface area (Å²) in [6.45, 7) is 5.03. The van der Waals surface area contributed by atoms with Gasteiger partial charge in [0.25, 0.3) is 0 Å². The van der Waals surface area contributed by atoms with Crippen molar-refractivity contribution in [1.82, 2.24) is 0 Å². The topological polar surface area (TPSA) is 57.5 Å². The maximum atomic E-state index is 10.9. The van der Waals surface area contributed by atoms with Gasteiger partial charge in [0.1, 0.15) is 5.75 Å². The number of hydrogen-bond donors (Lipinski definition) is 2. The summed E-state index contributed by atoms with van der Waals surface area (Å²) in [6, 6.07) is 5.08. The van der Waals surface area contributed by atoms with Gasteiger partial charge in [-0.25, -0.2) is 0 Å². The summed E-state index contributed by atoms with van der Waals surface area (Å²) in [7, 11) is 0. The number of carbonyl (C=O) groups is 1. The molecular weight excluding hydrogens is 228 g/mol. The first-order chi connectivity index (χ1) is 8.54. The van der Waals surface area contributed by atoms with Crippen LogP contribution in [-0.4, -0.2) is 22.1 Å². The first kappa shape index (κ1) is 14.2. The summed E-state index contributed by atoms with van der Waals surface area (Å²) >= 11 is 0. The molecule has 0 heterocycles. The zero-order valence-corrected chi connectivity index (χ0v) is 10.5. The van der Waals surface area contributed by atoms with Crippen molar-refractivity contribution >= 4 is 11.9 Å².